The third kappa shape index (κ3) is 2.63. The van der Waals surface area contributed by atoms with Crippen LogP contribution in [0.1, 0.15) is 44.3 Å². The van der Waals surface area contributed by atoms with E-state index in [1.165, 1.54) is 19.3 Å². The molecule has 2 nitrogen and oxygen atoms in total. The van der Waals surface area contributed by atoms with Gasteiger partial charge in [-0.2, -0.15) is 0 Å². The second kappa shape index (κ2) is 5.46. The molecule has 0 spiro atoms. The Hall–Kier alpha value is -0.860. The lowest BCUT2D eigenvalue weighted by molar-refractivity contribution is 0.135. The molecule has 1 fully saturated rings. The Morgan fingerprint density at radius 3 is 2.75 bits per heavy atom. The van der Waals surface area contributed by atoms with E-state index in [9.17, 15) is 5.11 Å². The maximum atomic E-state index is 10.2. The molecule has 2 N–H and O–H groups in total. The van der Waals surface area contributed by atoms with Crippen molar-refractivity contribution in [3.05, 3.63) is 35.9 Å². The van der Waals surface area contributed by atoms with Crippen LogP contribution in [0.15, 0.2) is 30.3 Å². The van der Waals surface area contributed by atoms with Crippen LogP contribution in [0.4, 0.5) is 0 Å². The zero-order valence-corrected chi connectivity index (χ0v) is 9.89. The zero-order valence-electron chi connectivity index (χ0n) is 9.89. The largest absolute Gasteiger partial charge is 0.387 e. The highest BCUT2D eigenvalue weighted by molar-refractivity contribution is 5.19. The molecular formula is C14H21NO. The molecule has 1 saturated heterocycles. The Labute approximate surface area is 97.7 Å². The average molecular weight is 219 g/mol. The summed E-state index contributed by atoms with van der Waals surface area (Å²) in [6.07, 6.45) is 4.36. The summed E-state index contributed by atoms with van der Waals surface area (Å²) >= 11 is 0. The summed E-state index contributed by atoms with van der Waals surface area (Å²) in [4.78, 5) is 0. The molecule has 0 aromatic heterocycles. The molecule has 1 aliphatic heterocycles. The molecule has 0 saturated carbocycles. The van der Waals surface area contributed by atoms with Crippen LogP contribution in [0.5, 0.6) is 0 Å². The summed E-state index contributed by atoms with van der Waals surface area (Å²) in [5.41, 5.74) is 1.03. The second-order valence-electron chi connectivity index (χ2n) is 4.69. The van der Waals surface area contributed by atoms with Gasteiger partial charge in [0.15, 0.2) is 0 Å². The minimum Gasteiger partial charge on any atom is -0.387 e. The first-order chi connectivity index (χ1) is 7.81. The monoisotopic (exact) mass is 219 g/mol. The average Bonchev–Trinajstić information content (AvgIpc) is 2.78. The third-order valence-corrected chi connectivity index (χ3v) is 3.44. The van der Waals surface area contributed by atoms with E-state index in [1.807, 2.05) is 30.3 Å². The van der Waals surface area contributed by atoms with Gasteiger partial charge < -0.3 is 10.4 Å². The molecule has 88 valence electrons. The summed E-state index contributed by atoms with van der Waals surface area (Å²) < 4.78 is 0. The van der Waals surface area contributed by atoms with Crippen molar-refractivity contribution >= 4 is 0 Å². The van der Waals surface area contributed by atoms with Gasteiger partial charge in [-0.1, -0.05) is 43.7 Å². The first-order valence-electron chi connectivity index (χ1n) is 6.30. The zero-order chi connectivity index (χ0) is 11.4. The fourth-order valence-electron chi connectivity index (χ4n) is 2.56. The molecular weight excluding hydrogens is 198 g/mol. The molecule has 3 atom stereocenters. The lowest BCUT2D eigenvalue weighted by Crippen LogP contribution is -2.33. The van der Waals surface area contributed by atoms with E-state index in [-0.39, 0.29) is 12.1 Å². The number of aliphatic hydroxyl groups excluding tert-OH is 1. The molecule has 0 aliphatic carbocycles. The van der Waals surface area contributed by atoms with E-state index in [0.29, 0.717) is 6.04 Å². The summed E-state index contributed by atoms with van der Waals surface area (Å²) in [5.74, 6) is 0. The molecule has 3 unspecified atom stereocenters. The lowest BCUT2D eigenvalue weighted by Gasteiger charge is -2.20. The van der Waals surface area contributed by atoms with Gasteiger partial charge in [0.1, 0.15) is 0 Å². The Bertz CT molecular complexity index is 312. The third-order valence-electron chi connectivity index (χ3n) is 3.44. The first-order valence-corrected chi connectivity index (χ1v) is 6.30. The second-order valence-corrected chi connectivity index (χ2v) is 4.69. The number of hydrogen-bond donors (Lipinski definition) is 2. The van der Waals surface area contributed by atoms with E-state index in [1.54, 1.807) is 0 Å². The van der Waals surface area contributed by atoms with Crippen molar-refractivity contribution in [2.75, 3.05) is 0 Å². The molecule has 2 heteroatoms. The van der Waals surface area contributed by atoms with Crippen molar-refractivity contribution in [1.82, 2.24) is 5.32 Å². The summed E-state index contributed by atoms with van der Waals surface area (Å²) in [6, 6.07) is 10.8. The Balaban J connectivity index is 1.94. The van der Waals surface area contributed by atoms with Crippen LogP contribution in [0.25, 0.3) is 0 Å². The summed E-state index contributed by atoms with van der Waals surface area (Å²) in [7, 11) is 0. The molecule has 0 radical (unpaired) electrons. The molecule has 1 aliphatic rings. The van der Waals surface area contributed by atoms with Crippen LogP contribution < -0.4 is 5.32 Å². The summed E-state index contributed by atoms with van der Waals surface area (Å²) in [5, 5.41) is 13.8. The van der Waals surface area contributed by atoms with Gasteiger partial charge in [-0.15, -0.1) is 0 Å². The molecule has 0 amide bonds. The van der Waals surface area contributed by atoms with Crippen LogP contribution in [0, 0.1) is 0 Å². The predicted molar refractivity (Wildman–Crippen MR) is 66.3 cm³/mol. The highest BCUT2D eigenvalue weighted by atomic mass is 16.3. The van der Waals surface area contributed by atoms with E-state index in [2.05, 4.69) is 12.2 Å². The Morgan fingerprint density at radius 2 is 2.06 bits per heavy atom. The standard InChI is InChI=1S/C14H21NO/c1-2-6-12-9-10-13(15-12)14(16)11-7-4-3-5-8-11/h3-5,7-8,12-16H,2,6,9-10H2,1H3. The topological polar surface area (TPSA) is 32.3 Å². The van der Waals surface area contributed by atoms with Crippen molar-refractivity contribution in [1.29, 1.82) is 0 Å². The Morgan fingerprint density at radius 1 is 1.31 bits per heavy atom. The van der Waals surface area contributed by atoms with Gasteiger partial charge in [0.25, 0.3) is 0 Å². The van der Waals surface area contributed by atoms with Gasteiger partial charge in [-0.3, -0.25) is 0 Å². The minimum absolute atomic E-state index is 0.235. The van der Waals surface area contributed by atoms with Gasteiger partial charge in [0.05, 0.1) is 6.10 Å². The van der Waals surface area contributed by atoms with Crippen LogP contribution in [0.3, 0.4) is 0 Å². The lowest BCUT2D eigenvalue weighted by atomic mass is 10.0. The molecule has 1 aromatic rings. The van der Waals surface area contributed by atoms with Gasteiger partial charge in [-0.25, -0.2) is 0 Å². The van der Waals surface area contributed by atoms with Crippen molar-refractivity contribution in [3.63, 3.8) is 0 Å². The van der Waals surface area contributed by atoms with Crippen molar-refractivity contribution in [3.8, 4) is 0 Å². The number of rotatable bonds is 4. The fourth-order valence-corrected chi connectivity index (χ4v) is 2.56. The Kier molecular flexibility index (Phi) is 3.97. The highest BCUT2D eigenvalue weighted by Gasteiger charge is 2.29. The van der Waals surface area contributed by atoms with Crippen LogP contribution in [0.2, 0.25) is 0 Å². The normalized spacial score (nSPS) is 26.9. The van der Waals surface area contributed by atoms with Crippen LogP contribution in [-0.4, -0.2) is 17.2 Å². The van der Waals surface area contributed by atoms with E-state index in [0.717, 1.165) is 12.0 Å². The van der Waals surface area contributed by atoms with Gasteiger partial charge in [-0.05, 0) is 24.8 Å². The van der Waals surface area contributed by atoms with Gasteiger partial charge in [0, 0.05) is 12.1 Å². The first kappa shape index (κ1) is 11.6. The van der Waals surface area contributed by atoms with Crippen LogP contribution >= 0.6 is 0 Å². The van der Waals surface area contributed by atoms with Gasteiger partial charge in [0.2, 0.25) is 0 Å². The van der Waals surface area contributed by atoms with E-state index in [4.69, 9.17) is 0 Å². The minimum atomic E-state index is -0.358. The fraction of sp³-hybridized carbons (Fsp3) is 0.571. The quantitative estimate of drug-likeness (QED) is 0.816. The molecule has 0 bridgehead atoms. The predicted octanol–water partition coefficient (Wildman–Crippen LogP) is 2.64. The van der Waals surface area contributed by atoms with Gasteiger partial charge >= 0.3 is 0 Å². The number of aliphatic hydroxyl groups is 1. The molecule has 16 heavy (non-hydrogen) atoms. The summed E-state index contributed by atoms with van der Waals surface area (Å²) in [6.45, 7) is 2.21. The van der Waals surface area contributed by atoms with Crippen molar-refractivity contribution in [2.24, 2.45) is 0 Å². The number of hydrogen-bond acceptors (Lipinski definition) is 2. The maximum Gasteiger partial charge on any atom is 0.0943 e. The smallest absolute Gasteiger partial charge is 0.0943 e. The van der Waals surface area contributed by atoms with E-state index < -0.39 is 0 Å². The maximum absolute atomic E-state index is 10.2. The highest BCUT2D eigenvalue weighted by Crippen LogP contribution is 2.26. The molecule has 1 heterocycles. The molecule has 1 aromatic carbocycles. The SMILES string of the molecule is CCCC1CCC(C(O)c2ccccc2)N1. The van der Waals surface area contributed by atoms with Crippen molar-refractivity contribution < 1.29 is 5.11 Å². The molecule has 2 rings (SSSR count). The van der Waals surface area contributed by atoms with E-state index >= 15 is 0 Å². The van der Waals surface area contributed by atoms with Crippen LogP contribution in [-0.2, 0) is 0 Å². The number of benzene rings is 1. The van der Waals surface area contributed by atoms with Crippen molar-refractivity contribution in [2.45, 2.75) is 50.8 Å². The number of nitrogens with one attached hydrogen (secondary N) is 1.